The Morgan fingerprint density at radius 2 is 2.11 bits per heavy atom. The molecule has 0 bridgehead atoms. The van der Waals surface area contributed by atoms with Gasteiger partial charge in [0.2, 0.25) is 11.8 Å². The minimum Gasteiger partial charge on any atom is -0.497 e. The second-order valence-electron chi connectivity index (χ2n) is 9.47. The predicted octanol–water partition coefficient (Wildman–Crippen LogP) is 2.11. The van der Waals surface area contributed by atoms with Crippen LogP contribution in [0.2, 0.25) is 0 Å². The van der Waals surface area contributed by atoms with Crippen LogP contribution in [0.5, 0.6) is 5.75 Å². The maximum atomic E-state index is 13.7. The Morgan fingerprint density at radius 3 is 2.73 bits per heavy atom. The smallest absolute Gasteiger partial charge is 0.322 e. The third-order valence-electron chi connectivity index (χ3n) is 7.30. The summed E-state index contributed by atoms with van der Waals surface area (Å²) in [5.74, 6) is 1.14. The van der Waals surface area contributed by atoms with Crippen LogP contribution in [-0.2, 0) is 16.1 Å². The van der Waals surface area contributed by atoms with E-state index >= 15 is 0 Å². The topological polar surface area (TPSA) is 111 Å². The van der Waals surface area contributed by atoms with Crippen molar-refractivity contribution in [2.45, 2.75) is 31.8 Å². The number of carbonyl (C=O) groups excluding carboxylic acids is 2. The van der Waals surface area contributed by atoms with E-state index in [9.17, 15) is 9.59 Å². The Morgan fingerprint density at radius 1 is 1.32 bits per heavy atom. The molecule has 37 heavy (non-hydrogen) atoms. The van der Waals surface area contributed by atoms with Crippen LogP contribution in [0.25, 0.3) is 0 Å². The molecule has 198 valence electrons. The maximum Gasteiger partial charge on any atom is 0.322 e. The lowest BCUT2D eigenvalue weighted by atomic mass is 9.86. The molecule has 1 N–H and O–H groups in total. The molecule has 1 aromatic carbocycles. The summed E-state index contributed by atoms with van der Waals surface area (Å²) in [6, 6.07) is 7.70. The van der Waals surface area contributed by atoms with Crippen LogP contribution in [0.1, 0.15) is 25.3 Å². The molecule has 3 aliphatic heterocycles. The van der Waals surface area contributed by atoms with Gasteiger partial charge in [-0.15, -0.1) is 0 Å². The van der Waals surface area contributed by atoms with Crippen LogP contribution in [-0.4, -0.2) is 98.4 Å². The molecule has 0 radical (unpaired) electrons. The van der Waals surface area contributed by atoms with Crippen LogP contribution in [0.3, 0.4) is 0 Å². The van der Waals surface area contributed by atoms with Crippen molar-refractivity contribution in [1.29, 1.82) is 0 Å². The number of nitrogens with zero attached hydrogens (tertiary/aromatic N) is 6. The van der Waals surface area contributed by atoms with Crippen molar-refractivity contribution >= 4 is 31.1 Å². The van der Waals surface area contributed by atoms with Crippen molar-refractivity contribution in [3.05, 3.63) is 41.3 Å². The number of benzene rings is 1. The summed E-state index contributed by atoms with van der Waals surface area (Å²) in [7, 11) is 3.17. The van der Waals surface area contributed by atoms with Crippen molar-refractivity contribution in [2.75, 3.05) is 47.1 Å². The number of hydrogen-bond acceptors (Lipinski definition) is 8. The SMILES string of the molecule is C=N/C(OC)=C(\C=N/CN1CC2(CCN(C(C)=O)CC2)N(Cc2cccc(OC)c2)C1=O)C1C=NNC1. The first kappa shape index (κ1) is 26.2. The average molecular weight is 510 g/mol. The number of hydrazone groups is 1. The second-order valence-corrected chi connectivity index (χ2v) is 9.47. The van der Waals surface area contributed by atoms with Gasteiger partial charge in [-0.2, -0.15) is 5.10 Å². The summed E-state index contributed by atoms with van der Waals surface area (Å²) in [6.45, 7) is 8.23. The van der Waals surface area contributed by atoms with Gasteiger partial charge < -0.3 is 29.6 Å². The molecule has 3 heterocycles. The molecule has 2 fully saturated rings. The van der Waals surface area contributed by atoms with Crippen LogP contribution in [0.4, 0.5) is 4.79 Å². The monoisotopic (exact) mass is 509 g/mol. The minimum absolute atomic E-state index is 0.0507. The first-order valence-corrected chi connectivity index (χ1v) is 12.4. The highest BCUT2D eigenvalue weighted by Gasteiger charge is 2.50. The molecule has 11 heteroatoms. The number of hydrogen-bond donors (Lipinski definition) is 1. The lowest BCUT2D eigenvalue weighted by Gasteiger charge is -2.43. The molecule has 11 nitrogen and oxygen atoms in total. The number of likely N-dealkylation sites (tertiary alicyclic amines) is 1. The normalized spacial score (nSPS) is 21.4. The number of urea groups is 1. The van der Waals surface area contributed by atoms with E-state index in [-0.39, 0.29) is 30.1 Å². The number of carbonyl (C=O) groups is 2. The molecule has 3 aliphatic rings. The van der Waals surface area contributed by atoms with Gasteiger partial charge in [0.05, 0.1) is 19.8 Å². The van der Waals surface area contributed by atoms with Crippen molar-refractivity contribution in [1.82, 2.24) is 20.1 Å². The largest absolute Gasteiger partial charge is 0.497 e. The van der Waals surface area contributed by atoms with Crippen LogP contribution in [0, 0.1) is 5.92 Å². The number of ether oxygens (including phenoxy) is 2. The van der Waals surface area contributed by atoms with E-state index in [4.69, 9.17) is 9.47 Å². The first-order valence-electron chi connectivity index (χ1n) is 12.4. The van der Waals surface area contributed by atoms with Crippen molar-refractivity contribution in [3.63, 3.8) is 0 Å². The van der Waals surface area contributed by atoms with E-state index in [1.165, 1.54) is 7.11 Å². The van der Waals surface area contributed by atoms with E-state index in [1.54, 1.807) is 31.4 Å². The summed E-state index contributed by atoms with van der Waals surface area (Å²) >= 11 is 0. The average Bonchev–Trinajstić information content (AvgIpc) is 3.52. The zero-order valence-electron chi connectivity index (χ0n) is 21.7. The third kappa shape index (κ3) is 5.60. The molecule has 1 aromatic rings. The molecule has 2 saturated heterocycles. The number of piperidine rings is 1. The highest BCUT2D eigenvalue weighted by Crippen LogP contribution is 2.37. The van der Waals surface area contributed by atoms with Gasteiger partial charge in [0, 0.05) is 63.6 Å². The molecule has 0 aromatic heterocycles. The molecule has 1 unspecified atom stereocenters. The standard InChI is InChI=1S/C26H35N7O4/c1-19(34)31-10-8-26(9-11-31)17-32(25(35)33(26)16-20-6-5-7-22(12-20)36-3)18-28-15-23(24(27-2)37-4)21-13-29-30-14-21/h5-7,12-13,15,21,30H,2,8-11,14,16-18H2,1,3-4H3/b24-23-,28-15-. The Labute approximate surface area is 217 Å². The van der Waals surface area contributed by atoms with E-state index in [0.29, 0.717) is 51.4 Å². The quantitative estimate of drug-likeness (QED) is 0.405. The summed E-state index contributed by atoms with van der Waals surface area (Å²) in [6.07, 6.45) is 4.90. The molecule has 0 saturated carbocycles. The van der Waals surface area contributed by atoms with Gasteiger partial charge in [-0.3, -0.25) is 9.79 Å². The number of rotatable bonds is 9. The number of aliphatic imine (C=N–C) groups is 2. The molecule has 1 spiro atoms. The number of amides is 3. The molecule has 4 rings (SSSR count). The molecule has 3 amide bonds. The lowest BCUT2D eigenvalue weighted by molar-refractivity contribution is -0.131. The van der Waals surface area contributed by atoms with Crippen molar-refractivity contribution in [2.24, 2.45) is 21.0 Å². The zero-order valence-corrected chi connectivity index (χ0v) is 21.7. The van der Waals surface area contributed by atoms with Crippen LogP contribution in [0.15, 0.2) is 50.8 Å². The van der Waals surface area contributed by atoms with Gasteiger partial charge in [0.15, 0.2) is 0 Å². The maximum absolute atomic E-state index is 13.7. The fourth-order valence-electron chi connectivity index (χ4n) is 5.20. The number of methoxy groups -OCH3 is 2. The highest BCUT2D eigenvalue weighted by atomic mass is 16.5. The molecular weight excluding hydrogens is 474 g/mol. The fraction of sp³-hybridized carbons (Fsp3) is 0.500. The lowest BCUT2D eigenvalue weighted by Crippen LogP contribution is -2.54. The van der Waals surface area contributed by atoms with E-state index in [1.807, 2.05) is 34.1 Å². The van der Waals surface area contributed by atoms with E-state index in [0.717, 1.165) is 16.9 Å². The molecule has 0 aliphatic carbocycles. The van der Waals surface area contributed by atoms with Gasteiger partial charge in [-0.1, -0.05) is 12.1 Å². The van der Waals surface area contributed by atoms with Gasteiger partial charge >= 0.3 is 6.03 Å². The number of nitrogens with one attached hydrogen (secondary N) is 1. The Balaban J connectivity index is 1.55. The van der Waals surface area contributed by atoms with Gasteiger partial charge in [-0.05, 0) is 37.3 Å². The summed E-state index contributed by atoms with van der Waals surface area (Å²) in [5.41, 5.74) is 4.30. The predicted molar refractivity (Wildman–Crippen MR) is 142 cm³/mol. The van der Waals surface area contributed by atoms with E-state index in [2.05, 4.69) is 27.2 Å². The molecule has 1 atom stereocenters. The first-order chi connectivity index (χ1) is 17.9. The van der Waals surface area contributed by atoms with Crippen molar-refractivity contribution < 1.29 is 19.1 Å². The summed E-state index contributed by atoms with van der Waals surface area (Å²) < 4.78 is 10.8. The Kier molecular flexibility index (Phi) is 8.10. The van der Waals surface area contributed by atoms with Gasteiger partial charge in [-0.25, -0.2) is 9.79 Å². The third-order valence-corrected chi connectivity index (χ3v) is 7.30. The summed E-state index contributed by atoms with van der Waals surface area (Å²) in [5, 5.41) is 4.08. The Bertz CT molecular complexity index is 1110. The second kappa shape index (κ2) is 11.4. The Hall–Kier alpha value is -3.89. The zero-order chi connectivity index (χ0) is 26.4. The van der Waals surface area contributed by atoms with Crippen LogP contribution < -0.4 is 10.2 Å². The highest BCUT2D eigenvalue weighted by molar-refractivity contribution is 5.87. The van der Waals surface area contributed by atoms with E-state index < -0.39 is 0 Å². The minimum atomic E-state index is -0.372. The van der Waals surface area contributed by atoms with Gasteiger partial charge in [0.1, 0.15) is 12.4 Å². The summed E-state index contributed by atoms with van der Waals surface area (Å²) in [4.78, 5) is 39.8. The fourth-order valence-corrected chi connectivity index (χ4v) is 5.20. The van der Waals surface area contributed by atoms with Crippen LogP contribution >= 0.6 is 0 Å². The molecular formula is C26H35N7O4. The van der Waals surface area contributed by atoms with Crippen molar-refractivity contribution in [3.8, 4) is 5.75 Å². The van der Waals surface area contributed by atoms with Gasteiger partial charge in [0.25, 0.3) is 0 Å².